The molecule has 0 heterocycles. The smallest absolute Gasteiger partial charge is 0.303 e. The van der Waals surface area contributed by atoms with Crippen LogP contribution in [0.4, 0.5) is 0 Å². The predicted molar refractivity (Wildman–Crippen MR) is 55.1 cm³/mol. The molecular weight excluding hydrogens is 180 g/mol. The summed E-state index contributed by atoms with van der Waals surface area (Å²) in [7, 11) is 0. The summed E-state index contributed by atoms with van der Waals surface area (Å²) in [5.41, 5.74) is 0.990. The van der Waals surface area contributed by atoms with Gasteiger partial charge in [-0.15, -0.1) is 6.58 Å². The summed E-state index contributed by atoms with van der Waals surface area (Å²) in [6.45, 7) is 7.38. The maximum atomic E-state index is 11.4. The summed E-state index contributed by atoms with van der Waals surface area (Å²) < 4.78 is 0. The van der Waals surface area contributed by atoms with E-state index in [4.69, 9.17) is 5.11 Å². The Morgan fingerprint density at radius 3 is 2.29 bits per heavy atom. The van der Waals surface area contributed by atoms with Crippen molar-refractivity contribution in [2.45, 2.75) is 39.5 Å². The third-order valence-corrected chi connectivity index (χ3v) is 2.14. The summed E-state index contributed by atoms with van der Waals surface area (Å²) in [5.74, 6) is -0.857. The lowest BCUT2D eigenvalue weighted by molar-refractivity contribution is -0.137. The average molecular weight is 198 g/mol. The highest BCUT2D eigenvalue weighted by Gasteiger charge is 2.13. The molecule has 0 bridgehead atoms. The molecule has 0 aromatic rings. The van der Waals surface area contributed by atoms with Crippen LogP contribution in [-0.2, 0) is 9.59 Å². The lowest BCUT2D eigenvalue weighted by Gasteiger charge is -2.08. The first-order chi connectivity index (χ1) is 6.43. The molecule has 3 nitrogen and oxygen atoms in total. The Kier molecular flexibility index (Phi) is 5.84. The molecule has 3 heteroatoms. The minimum absolute atomic E-state index is 0.0694. The monoisotopic (exact) mass is 198 g/mol. The Hall–Kier alpha value is -1.12. The maximum Gasteiger partial charge on any atom is 0.303 e. The molecule has 0 aromatic carbocycles. The number of carbonyl (C=O) groups excluding carboxylic acids is 1. The van der Waals surface area contributed by atoms with Crippen LogP contribution in [-0.4, -0.2) is 16.9 Å². The van der Waals surface area contributed by atoms with E-state index in [1.807, 2.05) is 6.92 Å². The number of aliphatic carboxylic acids is 1. The van der Waals surface area contributed by atoms with Gasteiger partial charge in [0.05, 0.1) is 0 Å². The van der Waals surface area contributed by atoms with Crippen molar-refractivity contribution in [2.24, 2.45) is 5.92 Å². The molecular formula is C11H18O3. The van der Waals surface area contributed by atoms with Crippen LogP contribution in [0.1, 0.15) is 39.5 Å². The number of ketones is 1. The van der Waals surface area contributed by atoms with Gasteiger partial charge in [-0.1, -0.05) is 12.5 Å². The normalized spacial score (nSPS) is 12.1. The minimum atomic E-state index is -0.843. The van der Waals surface area contributed by atoms with E-state index in [1.54, 1.807) is 6.92 Å². The fraction of sp³-hybridized carbons (Fsp3) is 0.636. The molecule has 0 rings (SSSR count). The Balaban J connectivity index is 3.76. The van der Waals surface area contributed by atoms with E-state index >= 15 is 0 Å². The van der Waals surface area contributed by atoms with E-state index in [0.29, 0.717) is 19.3 Å². The van der Waals surface area contributed by atoms with Gasteiger partial charge in [-0.05, 0) is 19.8 Å². The summed E-state index contributed by atoms with van der Waals surface area (Å²) in [6, 6.07) is 0. The quantitative estimate of drug-likeness (QED) is 0.639. The number of hydrogen-bond acceptors (Lipinski definition) is 2. The average Bonchev–Trinajstić information content (AvgIpc) is 2.09. The first kappa shape index (κ1) is 12.9. The van der Waals surface area contributed by atoms with Crippen molar-refractivity contribution in [1.82, 2.24) is 0 Å². The number of carbonyl (C=O) groups is 2. The van der Waals surface area contributed by atoms with Crippen LogP contribution in [0.25, 0.3) is 0 Å². The zero-order valence-electron chi connectivity index (χ0n) is 8.88. The van der Waals surface area contributed by atoms with Crippen LogP contribution in [0.15, 0.2) is 12.2 Å². The number of carboxylic acids is 1. The fourth-order valence-electron chi connectivity index (χ4n) is 1.08. The van der Waals surface area contributed by atoms with Crippen LogP contribution in [0.3, 0.4) is 0 Å². The van der Waals surface area contributed by atoms with Crippen molar-refractivity contribution < 1.29 is 14.7 Å². The molecule has 1 unspecified atom stereocenters. The highest BCUT2D eigenvalue weighted by atomic mass is 16.4. The molecule has 1 N–H and O–H groups in total. The van der Waals surface area contributed by atoms with Gasteiger partial charge in [-0.2, -0.15) is 0 Å². The standard InChI is InChI=1S/C11H18O3/c1-8(2)4-6-10(12)9(3)5-7-11(13)14/h9H,1,4-7H2,2-3H3,(H,13,14). The number of hydrogen-bond donors (Lipinski definition) is 1. The molecule has 0 aromatic heterocycles. The summed E-state index contributed by atoms with van der Waals surface area (Å²) in [5, 5.41) is 8.44. The zero-order valence-corrected chi connectivity index (χ0v) is 8.88. The molecule has 1 atom stereocenters. The highest BCUT2D eigenvalue weighted by molar-refractivity contribution is 5.81. The molecule has 0 fully saturated rings. The Labute approximate surface area is 84.8 Å². The van der Waals surface area contributed by atoms with Gasteiger partial charge in [0.25, 0.3) is 0 Å². The van der Waals surface area contributed by atoms with Crippen molar-refractivity contribution in [3.8, 4) is 0 Å². The van der Waals surface area contributed by atoms with Gasteiger partial charge in [0.2, 0.25) is 0 Å². The predicted octanol–water partition coefficient (Wildman–Crippen LogP) is 2.41. The fourth-order valence-corrected chi connectivity index (χ4v) is 1.08. The van der Waals surface area contributed by atoms with Crippen LogP contribution in [0.2, 0.25) is 0 Å². The molecule has 0 saturated heterocycles. The number of Topliss-reactive ketones (excluding diaryl/α,β-unsaturated/α-hetero) is 1. The lowest BCUT2D eigenvalue weighted by Crippen LogP contribution is -2.12. The van der Waals surface area contributed by atoms with Crippen LogP contribution >= 0.6 is 0 Å². The molecule has 0 saturated carbocycles. The number of carboxylic acid groups (broad SMARTS) is 1. The second-order valence-corrected chi connectivity index (χ2v) is 3.76. The molecule has 0 radical (unpaired) electrons. The minimum Gasteiger partial charge on any atom is -0.481 e. The SMILES string of the molecule is C=C(C)CCC(=O)C(C)CCC(=O)O. The molecule has 0 aliphatic heterocycles. The van der Waals surface area contributed by atoms with Gasteiger partial charge in [0.15, 0.2) is 0 Å². The Bertz CT molecular complexity index is 231. The number of rotatable bonds is 7. The summed E-state index contributed by atoms with van der Waals surface area (Å²) in [4.78, 5) is 21.7. The maximum absolute atomic E-state index is 11.4. The number of allylic oxidation sites excluding steroid dienone is 1. The van der Waals surface area contributed by atoms with Gasteiger partial charge in [0.1, 0.15) is 5.78 Å². The van der Waals surface area contributed by atoms with Gasteiger partial charge in [-0.25, -0.2) is 0 Å². The summed E-state index contributed by atoms with van der Waals surface area (Å²) in [6.07, 6.45) is 1.69. The third kappa shape index (κ3) is 6.40. The largest absolute Gasteiger partial charge is 0.481 e. The van der Waals surface area contributed by atoms with Crippen LogP contribution in [0.5, 0.6) is 0 Å². The van der Waals surface area contributed by atoms with E-state index in [2.05, 4.69) is 6.58 Å². The third-order valence-electron chi connectivity index (χ3n) is 2.14. The van der Waals surface area contributed by atoms with E-state index < -0.39 is 5.97 Å². The van der Waals surface area contributed by atoms with Crippen LogP contribution < -0.4 is 0 Å². The first-order valence-corrected chi connectivity index (χ1v) is 4.82. The highest BCUT2D eigenvalue weighted by Crippen LogP contribution is 2.12. The van der Waals surface area contributed by atoms with E-state index in [9.17, 15) is 9.59 Å². The Morgan fingerprint density at radius 1 is 1.29 bits per heavy atom. The van der Waals surface area contributed by atoms with Gasteiger partial charge in [-0.3, -0.25) is 9.59 Å². The van der Waals surface area contributed by atoms with Crippen molar-refractivity contribution in [3.05, 3.63) is 12.2 Å². The van der Waals surface area contributed by atoms with Crippen molar-refractivity contribution in [2.75, 3.05) is 0 Å². The molecule has 0 aliphatic rings. The molecule has 0 aliphatic carbocycles. The van der Waals surface area contributed by atoms with Crippen molar-refractivity contribution >= 4 is 11.8 Å². The second kappa shape index (κ2) is 6.35. The van der Waals surface area contributed by atoms with E-state index in [1.165, 1.54) is 0 Å². The van der Waals surface area contributed by atoms with Crippen LogP contribution in [0, 0.1) is 5.92 Å². The topological polar surface area (TPSA) is 54.4 Å². The summed E-state index contributed by atoms with van der Waals surface area (Å²) >= 11 is 0. The first-order valence-electron chi connectivity index (χ1n) is 4.82. The lowest BCUT2D eigenvalue weighted by atomic mass is 9.96. The molecule has 14 heavy (non-hydrogen) atoms. The molecule has 0 spiro atoms. The van der Waals surface area contributed by atoms with Crippen molar-refractivity contribution in [3.63, 3.8) is 0 Å². The van der Waals surface area contributed by atoms with Gasteiger partial charge >= 0.3 is 5.97 Å². The van der Waals surface area contributed by atoms with Crippen molar-refractivity contribution in [1.29, 1.82) is 0 Å². The Morgan fingerprint density at radius 2 is 1.86 bits per heavy atom. The zero-order chi connectivity index (χ0) is 11.1. The van der Waals surface area contributed by atoms with Gasteiger partial charge < -0.3 is 5.11 Å². The molecule has 0 amide bonds. The second-order valence-electron chi connectivity index (χ2n) is 3.76. The van der Waals surface area contributed by atoms with E-state index in [-0.39, 0.29) is 18.1 Å². The molecule has 80 valence electrons. The van der Waals surface area contributed by atoms with Gasteiger partial charge in [0, 0.05) is 18.8 Å². The van der Waals surface area contributed by atoms with E-state index in [0.717, 1.165) is 5.57 Å².